The minimum Gasteiger partial charge on any atom is -0.486 e. The zero-order valence-electron chi connectivity index (χ0n) is 17.4. The lowest BCUT2D eigenvalue weighted by molar-refractivity contribution is -0.121. The molecule has 1 aromatic carbocycles. The molecule has 2 aliphatic rings. The largest absolute Gasteiger partial charge is 0.486 e. The van der Waals surface area contributed by atoms with Gasteiger partial charge in [-0.1, -0.05) is 0 Å². The minimum absolute atomic E-state index is 0.307. The van der Waals surface area contributed by atoms with Crippen LogP contribution in [-0.2, 0) is 14.8 Å². The Labute approximate surface area is 173 Å². The maximum atomic E-state index is 12.7. The molecule has 2 heterocycles. The molecule has 1 fully saturated rings. The molecule has 8 nitrogen and oxygen atoms in total. The van der Waals surface area contributed by atoms with Crippen LogP contribution in [0, 0.1) is 5.92 Å². The summed E-state index contributed by atoms with van der Waals surface area (Å²) >= 11 is 0. The zero-order chi connectivity index (χ0) is 21.0. The summed E-state index contributed by atoms with van der Waals surface area (Å²) in [5, 5.41) is 2.91. The number of benzene rings is 1. The monoisotopic (exact) mass is 425 g/mol. The summed E-state index contributed by atoms with van der Waals surface area (Å²) in [4.78, 5) is 15.0. The third-order valence-electron chi connectivity index (χ3n) is 5.56. The van der Waals surface area contributed by atoms with E-state index in [4.69, 9.17) is 9.47 Å². The van der Waals surface area contributed by atoms with Crippen molar-refractivity contribution in [1.82, 2.24) is 10.2 Å². The quantitative estimate of drug-likeness (QED) is 0.712. The number of rotatable bonds is 7. The van der Waals surface area contributed by atoms with Crippen molar-refractivity contribution < 1.29 is 22.7 Å². The first-order valence-electron chi connectivity index (χ1n) is 10.1. The van der Waals surface area contributed by atoms with Crippen molar-refractivity contribution in [3.63, 3.8) is 0 Å². The highest BCUT2D eigenvalue weighted by molar-refractivity contribution is 7.92. The summed E-state index contributed by atoms with van der Waals surface area (Å²) in [6.07, 6.45) is 4.28. The highest BCUT2D eigenvalue weighted by Crippen LogP contribution is 2.35. The number of piperidine rings is 1. The van der Waals surface area contributed by atoms with E-state index in [1.165, 1.54) is 0 Å². The number of hydrogen-bond acceptors (Lipinski definition) is 6. The van der Waals surface area contributed by atoms with E-state index in [9.17, 15) is 13.2 Å². The molecule has 0 spiro atoms. The third-order valence-corrected chi connectivity index (χ3v) is 6.80. The summed E-state index contributed by atoms with van der Waals surface area (Å²) < 4.78 is 37.1. The van der Waals surface area contributed by atoms with Crippen LogP contribution in [0.3, 0.4) is 0 Å². The number of sulfonamides is 1. The van der Waals surface area contributed by atoms with Crippen molar-refractivity contribution in [1.29, 1.82) is 0 Å². The number of likely N-dealkylation sites (tertiary alicyclic amines) is 1. The van der Waals surface area contributed by atoms with Crippen LogP contribution in [0.25, 0.3) is 0 Å². The van der Waals surface area contributed by atoms with Crippen molar-refractivity contribution in [2.45, 2.75) is 32.2 Å². The number of fused-ring (bicyclic) bond motifs is 1. The van der Waals surface area contributed by atoms with Crippen LogP contribution >= 0.6 is 0 Å². The van der Waals surface area contributed by atoms with Crippen LogP contribution in [0.1, 0.15) is 26.2 Å². The number of carbonyl (C=O) groups is 1. The summed E-state index contributed by atoms with van der Waals surface area (Å²) in [5.74, 6) is 1.35. The molecule has 0 radical (unpaired) electrons. The van der Waals surface area contributed by atoms with Gasteiger partial charge in [-0.2, -0.15) is 0 Å². The van der Waals surface area contributed by atoms with Crippen LogP contribution in [-0.4, -0.2) is 71.4 Å². The van der Waals surface area contributed by atoms with E-state index in [0.29, 0.717) is 42.9 Å². The van der Waals surface area contributed by atoms with Gasteiger partial charge in [-0.25, -0.2) is 8.42 Å². The molecule has 2 aliphatic heterocycles. The minimum atomic E-state index is -3.67. The topological polar surface area (TPSA) is 88.2 Å². The highest BCUT2D eigenvalue weighted by atomic mass is 32.2. The Morgan fingerprint density at radius 3 is 2.55 bits per heavy atom. The van der Waals surface area contributed by atoms with Gasteiger partial charge in [-0.15, -0.1) is 0 Å². The second kappa shape index (κ2) is 9.21. The molecule has 0 saturated carbocycles. The van der Waals surface area contributed by atoms with Crippen molar-refractivity contribution in [2.24, 2.45) is 5.92 Å². The van der Waals surface area contributed by atoms with Gasteiger partial charge in [0, 0.05) is 12.6 Å². The Hall–Kier alpha value is -2.00. The molecule has 0 aliphatic carbocycles. The van der Waals surface area contributed by atoms with Crippen LogP contribution in [0.4, 0.5) is 5.69 Å². The maximum absolute atomic E-state index is 12.7. The van der Waals surface area contributed by atoms with Gasteiger partial charge >= 0.3 is 0 Å². The molecule has 3 rings (SSSR count). The molecular weight excluding hydrogens is 394 g/mol. The molecule has 1 atom stereocenters. The van der Waals surface area contributed by atoms with Crippen LogP contribution in [0.5, 0.6) is 11.5 Å². The molecular formula is C20H31N3O5S. The van der Waals surface area contributed by atoms with E-state index in [1.807, 2.05) is 0 Å². The van der Waals surface area contributed by atoms with Gasteiger partial charge < -0.3 is 19.7 Å². The van der Waals surface area contributed by atoms with Crippen LogP contribution in [0.2, 0.25) is 0 Å². The van der Waals surface area contributed by atoms with Crippen molar-refractivity contribution >= 4 is 21.6 Å². The fraction of sp³-hybridized carbons (Fsp3) is 0.650. The van der Waals surface area contributed by atoms with Gasteiger partial charge in [0.25, 0.3) is 0 Å². The number of anilines is 1. The van der Waals surface area contributed by atoms with Gasteiger partial charge in [0.2, 0.25) is 15.9 Å². The number of nitrogens with zero attached hydrogens (tertiary/aromatic N) is 2. The molecule has 1 N–H and O–H groups in total. The molecule has 162 valence electrons. The van der Waals surface area contributed by atoms with E-state index >= 15 is 0 Å². The Bertz CT molecular complexity index is 821. The van der Waals surface area contributed by atoms with E-state index in [2.05, 4.69) is 17.3 Å². The van der Waals surface area contributed by atoms with Crippen molar-refractivity contribution in [3.8, 4) is 11.5 Å². The number of hydrogen-bond donors (Lipinski definition) is 1. The lowest BCUT2D eigenvalue weighted by Gasteiger charge is -2.30. The fourth-order valence-electron chi connectivity index (χ4n) is 3.88. The van der Waals surface area contributed by atoms with E-state index in [-0.39, 0.29) is 5.91 Å². The smallest absolute Gasteiger partial charge is 0.243 e. The molecule has 0 aromatic heterocycles. The molecule has 1 saturated heterocycles. The SMILES string of the molecule is CC(C(=O)NCCC1CCN(C)CC1)N(c1ccc2c(c1)OCCO2)S(C)(=O)=O. The van der Waals surface area contributed by atoms with Crippen molar-refractivity contribution in [2.75, 3.05) is 50.5 Å². The number of amides is 1. The molecule has 1 unspecified atom stereocenters. The Morgan fingerprint density at radius 1 is 1.24 bits per heavy atom. The number of nitrogens with one attached hydrogen (secondary N) is 1. The maximum Gasteiger partial charge on any atom is 0.243 e. The summed E-state index contributed by atoms with van der Waals surface area (Å²) in [6, 6.07) is 4.05. The second-order valence-electron chi connectivity index (χ2n) is 7.89. The first-order valence-corrected chi connectivity index (χ1v) is 12.0. The highest BCUT2D eigenvalue weighted by Gasteiger charge is 2.30. The summed E-state index contributed by atoms with van der Waals surface area (Å²) in [5.41, 5.74) is 0.384. The Balaban J connectivity index is 1.64. The average molecular weight is 426 g/mol. The van der Waals surface area contributed by atoms with Gasteiger partial charge in [0.05, 0.1) is 11.9 Å². The zero-order valence-corrected chi connectivity index (χ0v) is 18.2. The van der Waals surface area contributed by atoms with Gasteiger partial charge in [-0.05, 0) is 64.4 Å². The first-order chi connectivity index (χ1) is 13.8. The molecule has 1 aromatic rings. The lowest BCUT2D eigenvalue weighted by Crippen LogP contribution is -2.48. The van der Waals surface area contributed by atoms with Crippen LogP contribution < -0.4 is 19.1 Å². The molecule has 0 bridgehead atoms. The van der Waals surface area contributed by atoms with Gasteiger partial charge in [0.15, 0.2) is 11.5 Å². The molecule has 29 heavy (non-hydrogen) atoms. The van der Waals surface area contributed by atoms with E-state index < -0.39 is 16.1 Å². The Kier molecular flexibility index (Phi) is 6.89. The molecule has 1 amide bonds. The van der Waals surface area contributed by atoms with Crippen molar-refractivity contribution in [3.05, 3.63) is 18.2 Å². The van der Waals surface area contributed by atoms with E-state index in [1.54, 1.807) is 25.1 Å². The number of ether oxygens (including phenoxy) is 2. The Morgan fingerprint density at radius 2 is 1.90 bits per heavy atom. The lowest BCUT2D eigenvalue weighted by atomic mass is 9.94. The summed E-state index contributed by atoms with van der Waals surface area (Å²) in [6.45, 7) is 5.18. The standard InChI is InChI=1S/C20H31N3O5S/c1-15(20(24)21-9-6-16-7-10-22(2)11-8-16)23(29(3,25)26)17-4-5-18-19(14-17)28-13-12-27-18/h4-5,14-16H,6-13H2,1-3H3,(H,21,24). The third kappa shape index (κ3) is 5.54. The second-order valence-corrected chi connectivity index (χ2v) is 9.75. The number of carbonyl (C=O) groups excluding carboxylic acids is 1. The van der Waals surface area contributed by atoms with E-state index in [0.717, 1.165) is 42.9 Å². The first kappa shape index (κ1) is 21.7. The fourth-order valence-corrected chi connectivity index (χ4v) is 5.04. The van der Waals surface area contributed by atoms with Crippen LogP contribution in [0.15, 0.2) is 18.2 Å². The predicted octanol–water partition coefficient (Wildman–Crippen LogP) is 1.46. The average Bonchev–Trinajstić information content (AvgIpc) is 2.68. The van der Waals surface area contributed by atoms with Gasteiger partial charge in [-0.3, -0.25) is 9.10 Å². The molecule has 9 heteroatoms. The van der Waals surface area contributed by atoms with Gasteiger partial charge in [0.1, 0.15) is 19.3 Å². The predicted molar refractivity (Wildman–Crippen MR) is 112 cm³/mol. The summed E-state index contributed by atoms with van der Waals surface area (Å²) in [7, 11) is -1.55. The normalized spacial score (nSPS) is 18.9.